The first-order valence-electron chi connectivity index (χ1n) is 6.96. The van der Waals surface area contributed by atoms with Gasteiger partial charge in [0.05, 0.1) is 7.11 Å². The van der Waals surface area contributed by atoms with Crippen LogP contribution in [-0.4, -0.2) is 36.8 Å². The summed E-state index contributed by atoms with van der Waals surface area (Å²) in [4.78, 5) is 2.43. The van der Waals surface area contributed by atoms with Gasteiger partial charge in [-0.1, -0.05) is 12.1 Å². The van der Waals surface area contributed by atoms with Crippen molar-refractivity contribution >= 4 is 0 Å². The Kier molecular flexibility index (Phi) is 5.19. The largest absolute Gasteiger partial charge is 0.496 e. The van der Waals surface area contributed by atoms with Gasteiger partial charge >= 0.3 is 0 Å². The molecule has 1 aliphatic heterocycles. The van der Waals surface area contributed by atoms with Crippen LogP contribution in [0, 0.1) is 5.92 Å². The maximum atomic E-state index is 9.15. The van der Waals surface area contributed by atoms with Crippen molar-refractivity contribution in [2.45, 2.75) is 25.9 Å². The van der Waals surface area contributed by atoms with Gasteiger partial charge in [-0.25, -0.2) is 0 Å². The highest BCUT2D eigenvalue weighted by Gasteiger charge is 2.18. The number of methoxy groups -OCH3 is 1. The van der Waals surface area contributed by atoms with Crippen LogP contribution in [0.3, 0.4) is 0 Å². The predicted octanol–water partition coefficient (Wildman–Crippen LogP) is 1.36. The molecule has 0 aliphatic carbocycles. The molecular weight excluding hydrogens is 240 g/mol. The molecule has 0 atom stereocenters. The standard InChI is InChI=1S/C15H24N2O2/c1-19-15-8-13(2-3-14(15)9-16)10-17-6-4-12(11-18)5-7-17/h2-3,8,12,18H,4-7,9-11,16H2,1H3. The molecule has 1 aromatic carbocycles. The fourth-order valence-corrected chi connectivity index (χ4v) is 2.64. The van der Waals surface area contributed by atoms with Crippen molar-refractivity contribution in [3.63, 3.8) is 0 Å². The van der Waals surface area contributed by atoms with Crippen LogP contribution in [0.4, 0.5) is 0 Å². The Hall–Kier alpha value is -1.10. The molecule has 1 saturated heterocycles. The summed E-state index contributed by atoms with van der Waals surface area (Å²) in [6, 6.07) is 6.26. The van der Waals surface area contributed by atoms with Gasteiger partial charge in [0.1, 0.15) is 5.75 Å². The van der Waals surface area contributed by atoms with Gasteiger partial charge in [-0.2, -0.15) is 0 Å². The van der Waals surface area contributed by atoms with Crippen molar-refractivity contribution in [1.29, 1.82) is 0 Å². The maximum Gasteiger partial charge on any atom is 0.123 e. The number of aliphatic hydroxyl groups is 1. The fourth-order valence-electron chi connectivity index (χ4n) is 2.64. The topological polar surface area (TPSA) is 58.7 Å². The molecule has 1 fully saturated rings. The monoisotopic (exact) mass is 264 g/mol. The summed E-state index contributed by atoms with van der Waals surface area (Å²) >= 11 is 0. The molecule has 1 aliphatic rings. The molecule has 0 bridgehead atoms. The summed E-state index contributed by atoms with van der Waals surface area (Å²) in [5, 5.41) is 9.15. The molecule has 0 amide bonds. The van der Waals surface area contributed by atoms with E-state index in [1.165, 1.54) is 5.56 Å². The van der Waals surface area contributed by atoms with E-state index in [9.17, 15) is 0 Å². The molecule has 19 heavy (non-hydrogen) atoms. The number of nitrogens with zero attached hydrogens (tertiary/aromatic N) is 1. The Morgan fingerprint density at radius 2 is 2.11 bits per heavy atom. The zero-order chi connectivity index (χ0) is 13.7. The second-order valence-corrected chi connectivity index (χ2v) is 5.25. The molecule has 0 saturated carbocycles. The van der Waals surface area contributed by atoms with E-state index >= 15 is 0 Å². The third-order valence-electron chi connectivity index (χ3n) is 3.94. The van der Waals surface area contributed by atoms with E-state index in [0.717, 1.165) is 43.8 Å². The minimum Gasteiger partial charge on any atom is -0.496 e. The van der Waals surface area contributed by atoms with Gasteiger partial charge < -0.3 is 15.6 Å². The molecule has 4 nitrogen and oxygen atoms in total. The summed E-state index contributed by atoms with van der Waals surface area (Å²) in [6.07, 6.45) is 2.18. The smallest absolute Gasteiger partial charge is 0.123 e. The van der Waals surface area contributed by atoms with Gasteiger partial charge in [0.25, 0.3) is 0 Å². The summed E-state index contributed by atoms with van der Waals surface area (Å²) in [7, 11) is 1.69. The van der Waals surface area contributed by atoms with Gasteiger partial charge in [-0.3, -0.25) is 4.90 Å². The lowest BCUT2D eigenvalue weighted by molar-refractivity contribution is 0.127. The van der Waals surface area contributed by atoms with Gasteiger partial charge in [-0.05, 0) is 43.5 Å². The second-order valence-electron chi connectivity index (χ2n) is 5.25. The van der Waals surface area contributed by atoms with Gasteiger partial charge in [0, 0.05) is 25.3 Å². The first-order valence-corrected chi connectivity index (χ1v) is 6.96. The van der Waals surface area contributed by atoms with E-state index in [2.05, 4.69) is 23.1 Å². The highest BCUT2D eigenvalue weighted by molar-refractivity contribution is 5.37. The van der Waals surface area contributed by atoms with Crippen molar-refractivity contribution in [2.24, 2.45) is 11.7 Å². The first kappa shape index (κ1) is 14.3. The van der Waals surface area contributed by atoms with Crippen molar-refractivity contribution in [1.82, 2.24) is 4.90 Å². The third-order valence-corrected chi connectivity index (χ3v) is 3.94. The molecule has 3 N–H and O–H groups in total. The molecule has 1 aromatic rings. The van der Waals surface area contributed by atoms with E-state index in [4.69, 9.17) is 15.6 Å². The average molecular weight is 264 g/mol. The Morgan fingerprint density at radius 1 is 1.37 bits per heavy atom. The Labute approximate surface area is 115 Å². The summed E-state index contributed by atoms with van der Waals surface area (Å²) in [6.45, 7) is 3.90. The van der Waals surface area contributed by atoms with Gasteiger partial charge in [0.15, 0.2) is 0 Å². The molecule has 2 rings (SSSR count). The Morgan fingerprint density at radius 3 is 2.68 bits per heavy atom. The van der Waals surface area contributed by atoms with Crippen LogP contribution in [0.5, 0.6) is 5.75 Å². The van der Waals surface area contributed by atoms with Crippen LogP contribution in [0.25, 0.3) is 0 Å². The van der Waals surface area contributed by atoms with Crippen molar-refractivity contribution < 1.29 is 9.84 Å². The number of rotatable bonds is 5. The summed E-state index contributed by atoms with van der Waals surface area (Å²) in [5.74, 6) is 1.37. The number of piperidine rings is 1. The van der Waals surface area contributed by atoms with Crippen LogP contribution >= 0.6 is 0 Å². The molecule has 0 aromatic heterocycles. The second kappa shape index (κ2) is 6.89. The zero-order valence-electron chi connectivity index (χ0n) is 11.6. The lowest BCUT2D eigenvalue weighted by Crippen LogP contribution is -2.34. The Bertz CT molecular complexity index is 401. The van der Waals surface area contributed by atoms with Crippen LogP contribution in [0.1, 0.15) is 24.0 Å². The molecule has 0 unspecified atom stereocenters. The lowest BCUT2D eigenvalue weighted by atomic mass is 9.97. The van der Waals surface area contributed by atoms with Gasteiger partial charge in [0.2, 0.25) is 0 Å². The molecule has 1 heterocycles. The molecule has 0 spiro atoms. The highest BCUT2D eigenvalue weighted by Crippen LogP contribution is 2.23. The van der Waals surface area contributed by atoms with Crippen LogP contribution in [0.2, 0.25) is 0 Å². The first-order chi connectivity index (χ1) is 9.26. The van der Waals surface area contributed by atoms with Crippen LogP contribution in [-0.2, 0) is 13.1 Å². The number of benzene rings is 1. The number of ether oxygens (including phenoxy) is 1. The number of hydrogen-bond donors (Lipinski definition) is 2. The van der Waals surface area contributed by atoms with Crippen LogP contribution in [0.15, 0.2) is 18.2 Å². The van der Waals surface area contributed by atoms with E-state index in [1.54, 1.807) is 7.11 Å². The Balaban J connectivity index is 1.96. The van der Waals surface area contributed by atoms with Crippen molar-refractivity contribution in [3.8, 4) is 5.75 Å². The van der Waals surface area contributed by atoms with E-state index in [1.807, 2.05) is 0 Å². The minimum absolute atomic E-state index is 0.326. The summed E-state index contributed by atoms with van der Waals surface area (Å²) < 4.78 is 5.37. The lowest BCUT2D eigenvalue weighted by Gasteiger charge is -2.31. The molecule has 106 valence electrons. The highest BCUT2D eigenvalue weighted by atomic mass is 16.5. The normalized spacial score (nSPS) is 17.6. The molecule has 0 radical (unpaired) electrons. The van der Waals surface area contributed by atoms with Crippen molar-refractivity contribution in [3.05, 3.63) is 29.3 Å². The van der Waals surface area contributed by atoms with E-state index in [0.29, 0.717) is 19.1 Å². The van der Waals surface area contributed by atoms with Crippen LogP contribution < -0.4 is 10.5 Å². The number of nitrogens with two attached hydrogens (primary N) is 1. The SMILES string of the molecule is COc1cc(CN2CCC(CO)CC2)ccc1CN. The molecular formula is C15H24N2O2. The van der Waals surface area contributed by atoms with Gasteiger partial charge in [-0.15, -0.1) is 0 Å². The summed E-state index contributed by atoms with van der Waals surface area (Å²) in [5.41, 5.74) is 7.98. The number of aliphatic hydroxyl groups excluding tert-OH is 1. The minimum atomic E-state index is 0.326. The van der Waals surface area contributed by atoms with Crippen molar-refractivity contribution in [2.75, 3.05) is 26.8 Å². The quantitative estimate of drug-likeness (QED) is 0.843. The number of likely N-dealkylation sites (tertiary alicyclic amines) is 1. The molecule has 4 heteroatoms. The van der Waals surface area contributed by atoms with E-state index < -0.39 is 0 Å². The fraction of sp³-hybridized carbons (Fsp3) is 0.600. The van der Waals surface area contributed by atoms with E-state index in [-0.39, 0.29) is 0 Å². The predicted molar refractivity (Wildman–Crippen MR) is 76.0 cm³/mol. The maximum absolute atomic E-state index is 9.15. The third kappa shape index (κ3) is 3.69. The zero-order valence-corrected chi connectivity index (χ0v) is 11.6. The average Bonchev–Trinajstić information content (AvgIpc) is 2.48. The number of hydrogen-bond acceptors (Lipinski definition) is 4.